The Balaban J connectivity index is 1.32. The Labute approximate surface area is 165 Å². The van der Waals surface area contributed by atoms with E-state index in [-0.39, 0.29) is 17.7 Å². The first kappa shape index (κ1) is 18.7. The van der Waals surface area contributed by atoms with Gasteiger partial charge in [-0.25, -0.2) is 0 Å². The van der Waals surface area contributed by atoms with E-state index in [2.05, 4.69) is 22.3 Å². The summed E-state index contributed by atoms with van der Waals surface area (Å²) in [5.41, 5.74) is 3.36. The summed E-state index contributed by atoms with van der Waals surface area (Å²) in [7, 11) is 0. The van der Waals surface area contributed by atoms with Crippen LogP contribution in [-0.2, 0) is 22.4 Å². The smallest absolute Gasteiger partial charge is 0.230 e. The van der Waals surface area contributed by atoms with Gasteiger partial charge in [0.2, 0.25) is 11.8 Å². The summed E-state index contributed by atoms with van der Waals surface area (Å²) < 4.78 is 0. The van der Waals surface area contributed by atoms with E-state index in [9.17, 15) is 9.59 Å². The lowest BCUT2D eigenvalue weighted by molar-refractivity contribution is -0.134. The zero-order chi connectivity index (χ0) is 19.3. The molecule has 4 rings (SSSR count). The molecular formula is C22H28N4O2. The van der Waals surface area contributed by atoms with Crippen LogP contribution in [0.3, 0.4) is 0 Å². The van der Waals surface area contributed by atoms with Crippen LogP contribution >= 0.6 is 0 Å². The average molecular weight is 380 g/mol. The molecular weight excluding hydrogens is 352 g/mol. The van der Waals surface area contributed by atoms with Gasteiger partial charge in [-0.3, -0.25) is 14.7 Å². The lowest BCUT2D eigenvalue weighted by atomic mass is 9.86. The molecule has 6 nitrogen and oxygen atoms in total. The number of amides is 2. The van der Waals surface area contributed by atoms with E-state index in [1.54, 1.807) is 0 Å². The molecule has 0 saturated carbocycles. The standard InChI is InChI=1S/C22H28N4O2/c27-21(11-10-17-6-2-1-3-7-17)25-12-5-13-26(15-14-25)22(28)18-8-4-9-20-19(18)16-23-24-20/h1-3,6-7,16,18H,4-5,8-15H2,(H,23,24). The van der Waals surface area contributed by atoms with Crippen LogP contribution in [0.4, 0.5) is 0 Å². The Kier molecular flexibility index (Phi) is 5.74. The Morgan fingerprint density at radius 2 is 1.82 bits per heavy atom. The summed E-state index contributed by atoms with van der Waals surface area (Å²) >= 11 is 0. The Morgan fingerprint density at radius 1 is 1.04 bits per heavy atom. The van der Waals surface area contributed by atoms with Gasteiger partial charge in [0.05, 0.1) is 12.1 Å². The first-order chi connectivity index (χ1) is 13.7. The van der Waals surface area contributed by atoms with Crippen molar-refractivity contribution in [2.24, 2.45) is 0 Å². The molecule has 2 heterocycles. The number of aryl methyl sites for hydroxylation is 2. The molecule has 1 aliphatic carbocycles. The maximum absolute atomic E-state index is 13.1. The number of hydrogen-bond donors (Lipinski definition) is 1. The van der Waals surface area contributed by atoms with E-state index in [1.807, 2.05) is 34.2 Å². The van der Waals surface area contributed by atoms with Crippen LogP contribution in [0, 0.1) is 0 Å². The summed E-state index contributed by atoms with van der Waals surface area (Å²) in [6, 6.07) is 10.1. The molecule has 2 aliphatic rings. The fourth-order valence-electron chi connectivity index (χ4n) is 4.38. The van der Waals surface area contributed by atoms with Gasteiger partial charge in [-0.15, -0.1) is 0 Å². The molecule has 1 fully saturated rings. The third-order valence-corrected chi connectivity index (χ3v) is 5.98. The van der Waals surface area contributed by atoms with Crippen molar-refractivity contribution in [3.63, 3.8) is 0 Å². The first-order valence-electron chi connectivity index (χ1n) is 10.3. The number of aromatic nitrogens is 2. The van der Waals surface area contributed by atoms with E-state index >= 15 is 0 Å². The fraction of sp³-hybridized carbons (Fsp3) is 0.500. The lowest BCUT2D eigenvalue weighted by Gasteiger charge is -2.28. The van der Waals surface area contributed by atoms with Gasteiger partial charge in [0, 0.05) is 43.9 Å². The van der Waals surface area contributed by atoms with Crippen molar-refractivity contribution in [3.8, 4) is 0 Å². The molecule has 0 radical (unpaired) electrons. The SMILES string of the molecule is O=C(CCc1ccccc1)N1CCCN(C(=O)C2CCCc3[nH]ncc32)CC1. The number of benzene rings is 1. The number of H-pyrrole nitrogens is 1. The monoisotopic (exact) mass is 380 g/mol. The molecule has 28 heavy (non-hydrogen) atoms. The zero-order valence-corrected chi connectivity index (χ0v) is 16.3. The van der Waals surface area contributed by atoms with Gasteiger partial charge in [0.25, 0.3) is 0 Å². The maximum atomic E-state index is 13.1. The Hall–Kier alpha value is -2.63. The highest BCUT2D eigenvalue weighted by Gasteiger charge is 2.32. The van der Waals surface area contributed by atoms with Crippen molar-refractivity contribution in [1.29, 1.82) is 0 Å². The number of fused-ring (bicyclic) bond motifs is 1. The number of carbonyl (C=O) groups is 2. The number of carbonyl (C=O) groups excluding carboxylic acids is 2. The van der Waals surface area contributed by atoms with Gasteiger partial charge in [0.15, 0.2) is 0 Å². The van der Waals surface area contributed by atoms with E-state index in [0.29, 0.717) is 19.5 Å². The van der Waals surface area contributed by atoms with Crippen LogP contribution in [0.5, 0.6) is 0 Å². The van der Waals surface area contributed by atoms with Gasteiger partial charge in [-0.1, -0.05) is 30.3 Å². The van der Waals surface area contributed by atoms with E-state index < -0.39 is 0 Å². The molecule has 1 atom stereocenters. The summed E-state index contributed by atoms with van der Waals surface area (Å²) in [5, 5.41) is 7.17. The largest absolute Gasteiger partial charge is 0.341 e. The van der Waals surface area contributed by atoms with Gasteiger partial charge in [-0.05, 0) is 37.7 Å². The quantitative estimate of drug-likeness (QED) is 0.886. The fourth-order valence-corrected chi connectivity index (χ4v) is 4.38. The molecule has 2 amide bonds. The molecule has 1 unspecified atom stereocenters. The predicted molar refractivity (Wildman–Crippen MR) is 107 cm³/mol. The molecule has 148 valence electrons. The van der Waals surface area contributed by atoms with Gasteiger partial charge in [0.1, 0.15) is 0 Å². The van der Waals surface area contributed by atoms with Gasteiger partial charge in [-0.2, -0.15) is 5.10 Å². The molecule has 1 aliphatic heterocycles. The van der Waals surface area contributed by atoms with Crippen LogP contribution < -0.4 is 0 Å². The number of aromatic amines is 1. The molecule has 1 N–H and O–H groups in total. The zero-order valence-electron chi connectivity index (χ0n) is 16.3. The summed E-state index contributed by atoms with van der Waals surface area (Å²) in [6.45, 7) is 2.72. The number of nitrogens with one attached hydrogen (secondary N) is 1. The Bertz CT molecular complexity index is 817. The molecule has 6 heteroatoms. The molecule has 1 saturated heterocycles. The second-order valence-electron chi connectivity index (χ2n) is 7.79. The molecule has 0 bridgehead atoms. The number of rotatable bonds is 4. The maximum Gasteiger partial charge on any atom is 0.230 e. The first-order valence-corrected chi connectivity index (χ1v) is 10.3. The number of nitrogens with zero attached hydrogens (tertiary/aromatic N) is 3. The van der Waals surface area contributed by atoms with Crippen molar-refractivity contribution < 1.29 is 9.59 Å². The van der Waals surface area contributed by atoms with E-state index in [4.69, 9.17) is 0 Å². The minimum absolute atomic E-state index is 0.0807. The highest BCUT2D eigenvalue weighted by Crippen LogP contribution is 2.32. The van der Waals surface area contributed by atoms with Crippen LogP contribution in [0.25, 0.3) is 0 Å². The van der Waals surface area contributed by atoms with Crippen LogP contribution in [-0.4, -0.2) is 58.0 Å². The summed E-state index contributed by atoms with van der Waals surface area (Å²) in [6.07, 6.45) is 6.83. The van der Waals surface area contributed by atoms with Crippen molar-refractivity contribution >= 4 is 11.8 Å². The minimum Gasteiger partial charge on any atom is -0.341 e. The number of hydrogen-bond acceptors (Lipinski definition) is 3. The van der Waals surface area contributed by atoms with Crippen molar-refractivity contribution in [2.45, 2.75) is 44.4 Å². The average Bonchev–Trinajstić information content (AvgIpc) is 3.08. The minimum atomic E-state index is -0.0807. The van der Waals surface area contributed by atoms with E-state index in [0.717, 1.165) is 56.5 Å². The van der Waals surface area contributed by atoms with Crippen molar-refractivity contribution in [1.82, 2.24) is 20.0 Å². The normalized spacial score (nSPS) is 19.8. The van der Waals surface area contributed by atoms with Gasteiger partial charge < -0.3 is 9.80 Å². The highest BCUT2D eigenvalue weighted by molar-refractivity contribution is 5.84. The molecule has 1 aromatic carbocycles. The van der Waals surface area contributed by atoms with Crippen molar-refractivity contribution in [2.75, 3.05) is 26.2 Å². The van der Waals surface area contributed by atoms with Gasteiger partial charge >= 0.3 is 0 Å². The third-order valence-electron chi connectivity index (χ3n) is 5.98. The predicted octanol–water partition coefficient (Wildman–Crippen LogP) is 2.52. The second kappa shape index (κ2) is 8.59. The topological polar surface area (TPSA) is 69.3 Å². The molecule has 1 aromatic heterocycles. The molecule has 0 spiro atoms. The summed E-state index contributed by atoms with van der Waals surface area (Å²) in [5.74, 6) is 0.303. The van der Waals surface area contributed by atoms with Crippen molar-refractivity contribution in [3.05, 3.63) is 53.3 Å². The second-order valence-corrected chi connectivity index (χ2v) is 7.79. The summed E-state index contributed by atoms with van der Waals surface area (Å²) in [4.78, 5) is 29.7. The van der Waals surface area contributed by atoms with Crippen LogP contribution in [0.15, 0.2) is 36.5 Å². The van der Waals surface area contributed by atoms with Crippen LogP contribution in [0.2, 0.25) is 0 Å². The van der Waals surface area contributed by atoms with E-state index in [1.165, 1.54) is 5.56 Å². The van der Waals surface area contributed by atoms with Crippen LogP contribution in [0.1, 0.15) is 48.4 Å². The molecule has 2 aromatic rings. The highest BCUT2D eigenvalue weighted by atomic mass is 16.2. The third kappa shape index (κ3) is 4.11. The lowest BCUT2D eigenvalue weighted by Crippen LogP contribution is -2.40. The Morgan fingerprint density at radius 3 is 2.68 bits per heavy atom.